The summed E-state index contributed by atoms with van der Waals surface area (Å²) in [5, 5.41) is 25.4. The molecule has 0 bridgehead atoms. The smallest absolute Gasteiger partial charge is 0.416 e. The number of non-ortho nitro benzene ring substituents is 1. The lowest BCUT2D eigenvalue weighted by Gasteiger charge is -2.35. The second-order valence-electron chi connectivity index (χ2n) is 12.1. The molecule has 46 heavy (non-hydrogen) atoms. The summed E-state index contributed by atoms with van der Waals surface area (Å²) in [6, 6.07) is 14.6. The Morgan fingerprint density at radius 1 is 0.978 bits per heavy atom. The Bertz CT molecular complexity index is 1710. The molecule has 2 heterocycles. The summed E-state index contributed by atoms with van der Waals surface area (Å²) < 4.78 is 45.6. The first-order chi connectivity index (χ1) is 21.9. The van der Waals surface area contributed by atoms with Crippen molar-refractivity contribution in [2.45, 2.75) is 56.3 Å². The number of alkyl halides is 3. The van der Waals surface area contributed by atoms with Gasteiger partial charge in [0, 0.05) is 18.2 Å². The summed E-state index contributed by atoms with van der Waals surface area (Å²) in [7, 11) is 0. The molecule has 0 radical (unpaired) electrons. The van der Waals surface area contributed by atoms with Crippen LogP contribution in [0.4, 0.5) is 24.5 Å². The van der Waals surface area contributed by atoms with Crippen LogP contribution in [0.2, 0.25) is 0 Å². The zero-order valence-electron chi connectivity index (χ0n) is 24.4. The Kier molecular flexibility index (Phi) is 8.05. The van der Waals surface area contributed by atoms with Gasteiger partial charge in [0.15, 0.2) is 0 Å². The number of ether oxygens (including phenoxy) is 1. The Hall–Kier alpha value is -4.78. The topological polar surface area (TPSA) is 139 Å². The van der Waals surface area contributed by atoms with Crippen LogP contribution in [0.3, 0.4) is 0 Å². The van der Waals surface area contributed by atoms with Gasteiger partial charge in [-0.05, 0) is 54.3 Å². The number of amides is 2. The number of anilines is 1. The van der Waals surface area contributed by atoms with E-state index >= 15 is 0 Å². The van der Waals surface area contributed by atoms with Crippen molar-refractivity contribution in [2.24, 2.45) is 17.8 Å². The number of benzene rings is 3. The first-order valence-corrected chi connectivity index (χ1v) is 15.0. The lowest BCUT2D eigenvalue weighted by Crippen LogP contribution is -2.57. The zero-order valence-corrected chi connectivity index (χ0v) is 24.4. The fraction of sp³-hybridized carbons (Fsp3) is 0.364. The van der Waals surface area contributed by atoms with Gasteiger partial charge in [0.05, 0.1) is 28.0 Å². The molecule has 2 amide bonds. The van der Waals surface area contributed by atoms with E-state index < -0.39 is 57.9 Å². The van der Waals surface area contributed by atoms with Gasteiger partial charge in [0.1, 0.15) is 17.0 Å². The van der Waals surface area contributed by atoms with Gasteiger partial charge >= 0.3 is 12.1 Å². The van der Waals surface area contributed by atoms with E-state index in [0.29, 0.717) is 5.56 Å². The number of halogens is 3. The van der Waals surface area contributed by atoms with Crippen molar-refractivity contribution in [3.8, 4) is 11.5 Å². The summed E-state index contributed by atoms with van der Waals surface area (Å²) in [5.74, 6) is -5.21. The Morgan fingerprint density at radius 3 is 2.33 bits per heavy atom. The summed E-state index contributed by atoms with van der Waals surface area (Å²) >= 11 is 0. The number of carbonyl (C=O) groups excluding carboxylic acids is 2. The number of aliphatic carboxylic acids is 1. The summed E-state index contributed by atoms with van der Waals surface area (Å²) in [5.41, 5.74) is -2.69. The highest BCUT2D eigenvalue weighted by Crippen LogP contribution is 2.53. The van der Waals surface area contributed by atoms with Crippen LogP contribution in [-0.4, -0.2) is 33.4 Å². The average Bonchev–Trinajstić information content (AvgIpc) is 3.51. The lowest BCUT2D eigenvalue weighted by molar-refractivity contribution is -0.384. The van der Waals surface area contributed by atoms with E-state index in [-0.39, 0.29) is 35.2 Å². The van der Waals surface area contributed by atoms with Gasteiger partial charge in [0.25, 0.3) is 5.69 Å². The number of carboxylic acids is 1. The largest absolute Gasteiger partial charge is 0.480 e. The molecule has 0 spiro atoms. The molecule has 4 unspecified atom stereocenters. The normalized spacial score (nSPS) is 25.0. The molecular weight excluding hydrogens is 607 g/mol. The molecule has 2 aliphatic heterocycles. The van der Waals surface area contributed by atoms with Crippen molar-refractivity contribution in [3.63, 3.8) is 0 Å². The van der Waals surface area contributed by atoms with Crippen LogP contribution < -0.4 is 15.0 Å². The minimum atomic E-state index is -4.58. The molecule has 13 heteroatoms. The number of nitro benzene ring substituents is 1. The molecule has 0 aromatic heterocycles. The molecule has 3 aromatic carbocycles. The molecular formula is C33H30F3N3O7. The highest BCUT2D eigenvalue weighted by Gasteiger charge is 2.69. The third-order valence-electron chi connectivity index (χ3n) is 9.28. The number of carboxylic acid groups (broad SMARTS) is 1. The van der Waals surface area contributed by atoms with Gasteiger partial charge in [-0.15, -0.1) is 0 Å². The molecule has 3 fully saturated rings. The number of nitro groups is 1. The third-order valence-corrected chi connectivity index (χ3v) is 9.28. The molecule has 3 aliphatic rings. The van der Waals surface area contributed by atoms with Crippen molar-refractivity contribution in [3.05, 3.63) is 94.0 Å². The lowest BCUT2D eigenvalue weighted by atomic mass is 9.72. The second kappa shape index (κ2) is 11.9. The Labute approximate surface area is 261 Å². The zero-order chi connectivity index (χ0) is 32.8. The van der Waals surface area contributed by atoms with E-state index in [9.17, 15) is 42.8 Å². The van der Waals surface area contributed by atoms with E-state index in [1.807, 2.05) is 0 Å². The van der Waals surface area contributed by atoms with Gasteiger partial charge in [0.2, 0.25) is 11.8 Å². The van der Waals surface area contributed by atoms with Crippen molar-refractivity contribution in [1.82, 2.24) is 5.32 Å². The summed E-state index contributed by atoms with van der Waals surface area (Å²) in [4.78, 5) is 53.2. The Morgan fingerprint density at radius 2 is 1.65 bits per heavy atom. The number of nitrogens with one attached hydrogen (secondary N) is 1. The van der Waals surface area contributed by atoms with Crippen LogP contribution >= 0.6 is 0 Å². The second-order valence-corrected chi connectivity index (χ2v) is 12.1. The maximum absolute atomic E-state index is 14.2. The maximum atomic E-state index is 14.2. The summed E-state index contributed by atoms with van der Waals surface area (Å²) in [6.45, 7) is 0. The number of fused-ring (bicyclic) bond motifs is 1. The van der Waals surface area contributed by atoms with Gasteiger partial charge in [-0.1, -0.05) is 56.4 Å². The van der Waals surface area contributed by atoms with Crippen molar-refractivity contribution < 1.29 is 42.3 Å². The number of nitrogens with zero attached hydrogens (tertiary/aromatic N) is 2. The number of imide groups is 1. The van der Waals surface area contributed by atoms with Crippen LogP contribution in [-0.2, 0) is 20.6 Å². The first kappa shape index (κ1) is 31.2. The quantitative estimate of drug-likeness (QED) is 0.159. The molecule has 1 saturated carbocycles. The molecule has 4 atom stereocenters. The Balaban J connectivity index is 1.40. The molecule has 10 nitrogen and oxygen atoms in total. The maximum Gasteiger partial charge on any atom is 0.416 e. The van der Waals surface area contributed by atoms with Crippen LogP contribution in [0, 0.1) is 27.9 Å². The number of hydrogen-bond acceptors (Lipinski definition) is 7. The SMILES string of the molecule is O=C1C2C(c3cccc(Oc4cccc(C(F)(F)F)c4)c3)NC(CC3CCCCC3)(C(=O)O)C2C(=O)N1c1cccc([N+](=O)[O-])c1. The third kappa shape index (κ3) is 5.59. The average molecular weight is 638 g/mol. The van der Waals surface area contributed by atoms with Crippen LogP contribution in [0.15, 0.2) is 72.8 Å². The van der Waals surface area contributed by atoms with Gasteiger partial charge < -0.3 is 9.84 Å². The molecule has 240 valence electrons. The van der Waals surface area contributed by atoms with Gasteiger partial charge in [-0.25, -0.2) is 4.90 Å². The highest BCUT2D eigenvalue weighted by molar-refractivity contribution is 6.24. The van der Waals surface area contributed by atoms with E-state index in [4.69, 9.17) is 4.74 Å². The van der Waals surface area contributed by atoms with Crippen molar-refractivity contribution in [2.75, 3.05) is 4.90 Å². The molecule has 1 aliphatic carbocycles. The minimum absolute atomic E-state index is 0.0120. The minimum Gasteiger partial charge on any atom is -0.480 e. The van der Waals surface area contributed by atoms with Gasteiger partial charge in [-0.3, -0.25) is 29.8 Å². The van der Waals surface area contributed by atoms with Crippen LogP contribution in [0.5, 0.6) is 11.5 Å². The van der Waals surface area contributed by atoms with E-state index in [2.05, 4.69) is 5.32 Å². The predicted molar refractivity (Wildman–Crippen MR) is 158 cm³/mol. The fourth-order valence-corrected chi connectivity index (χ4v) is 7.25. The summed E-state index contributed by atoms with van der Waals surface area (Å²) in [6.07, 6.45) is -0.0783. The highest BCUT2D eigenvalue weighted by atomic mass is 19.4. The van der Waals surface area contributed by atoms with Crippen LogP contribution in [0.1, 0.15) is 55.7 Å². The van der Waals surface area contributed by atoms with E-state index in [1.165, 1.54) is 42.5 Å². The van der Waals surface area contributed by atoms with E-state index in [0.717, 1.165) is 55.2 Å². The molecule has 2 N–H and O–H groups in total. The standard InChI is InChI=1S/C33H30F3N3O7/c34-33(35,36)21-10-5-14-25(16-21)46-24-13-4-9-20(15-24)28-26-27(32(37-28,31(42)43)18-19-7-2-1-3-8-19)30(41)38(29(26)40)22-11-6-12-23(17-22)39(44)45/h4-6,9-17,19,26-28,37H,1-3,7-8,18H2,(H,42,43). The van der Waals surface area contributed by atoms with Crippen LogP contribution in [0.25, 0.3) is 0 Å². The fourth-order valence-electron chi connectivity index (χ4n) is 7.25. The number of carbonyl (C=O) groups is 3. The first-order valence-electron chi connectivity index (χ1n) is 15.0. The van der Waals surface area contributed by atoms with Crippen molar-refractivity contribution >= 4 is 29.2 Å². The number of rotatable bonds is 8. The van der Waals surface area contributed by atoms with Crippen molar-refractivity contribution in [1.29, 1.82) is 0 Å². The monoisotopic (exact) mass is 637 g/mol. The molecule has 2 saturated heterocycles. The number of hydrogen-bond donors (Lipinski definition) is 2. The predicted octanol–water partition coefficient (Wildman–Crippen LogP) is 6.65. The van der Waals surface area contributed by atoms with Gasteiger partial charge in [-0.2, -0.15) is 13.2 Å². The molecule has 3 aromatic rings. The molecule has 6 rings (SSSR count). The van der Waals surface area contributed by atoms with E-state index in [1.54, 1.807) is 12.1 Å².